The second kappa shape index (κ2) is 8.82. The minimum absolute atomic E-state index is 0.0685. The number of ether oxygens (including phenoxy) is 1. The van der Waals surface area contributed by atoms with Gasteiger partial charge in [-0.05, 0) is 66.4 Å². The van der Waals surface area contributed by atoms with E-state index >= 15 is 0 Å². The largest absolute Gasteiger partial charge is 0.497 e. The second-order valence-corrected chi connectivity index (χ2v) is 9.17. The van der Waals surface area contributed by atoms with Crippen molar-refractivity contribution < 1.29 is 13.9 Å². The molecule has 0 saturated heterocycles. The fourth-order valence-corrected chi connectivity index (χ4v) is 4.80. The number of aryl methyl sites for hydroxylation is 1. The number of hydrogen-bond donors (Lipinski definition) is 0. The smallest absolute Gasteiger partial charge is 0.290 e. The zero-order valence-electron chi connectivity index (χ0n) is 18.6. The van der Waals surface area contributed by atoms with Crippen molar-refractivity contribution >= 4 is 40.1 Å². The van der Waals surface area contributed by atoms with Crippen LogP contribution in [0.2, 0.25) is 10.0 Å². The standard InChI is InChI=1S/C27H21Cl2NO4/c1-15-12-22-20(14-21(15)29)25(31)23-24(17-4-3-5-18(28)13-17)30(27(32)26(23)34-22)11-10-16-6-8-19(33-2)9-7-16/h3-9,12-14,24H,10-11H2,1-2H3/t24-/m1/s1. The van der Waals surface area contributed by atoms with Crippen LogP contribution in [-0.4, -0.2) is 24.5 Å². The van der Waals surface area contributed by atoms with E-state index in [1.807, 2.05) is 43.3 Å². The molecule has 5 nitrogen and oxygen atoms in total. The Bertz CT molecular complexity index is 1480. The third kappa shape index (κ3) is 3.85. The predicted octanol–water partition coefficient (Wildman–Crippen LogP) is 6.20. The lowest BCUT2D eigenvalue weighted by Crippen LogP contribution is -2.31. The van der Waals surface area contributed by atoms with Gasteiger partial charge in [-0.1, -0.05) is 47.5 Å². The highest BCUT2D eigenvalue weighted by atomic mass is 35.5. The Labute approximate surface area is 206 Å². The molecule has 0 N–H and O–H groups in total. The molecule has 0 spiro atoms. The van der Waals surface area contributed by atoms with Crippen molar-refractivity contribution in [1.82, 2.24) is 4.90 Å². The number of methoxy groups -OCH3 is 1. The maximum absolute atomic E-state index is 13.6. The van der Waals surface area contributed by atoms with Gasteiger partial charge in [0.1, 0.15) is 11.3 Å². The van der Waals surface area contributed by atoms with Gasteiger partial charge in [0.2, 0.25) is 5.76 Å². The van der Waals surface area contributed by atoms with Crippen LogP contribution in [0.1, 0.15) is 38.9 Å². The van der Waals surface area contributed by atoms with E-state index in [-0.39, 0.29) is 17.1 Å². The monoisotopic (exact) mass is 493 g/mol. The SMILES string of the molecule is COc1ccc(CCN2C(=O)c3oc4cc(C)c(Cl)cc4c(=O)c3[C@H]2c2cccc(Cl)c2)cc1. The minimum atomic E-state index is -0.611. The molecule has 3 aromatic carbocycles. The van der Waals surface area contributed by atoms with Crippen LogP contribution < -0.4 is 10.2 Å². The molecule has 1 aliphatic rings. The third-order valence-corrected chi connectivity index (χ3v) is 6.85. The van der Waals surface area contributed by atoms with E-state index in [9.17, 15) is 9.59 Å². The van der Waals surface area contributed by atoms with Gasteiger partial charge in [0.15, 0.2) is 5.43 Å². The molecule has 0 saturated carbocycles. The molecule has 7 heteroatoms. The van der Waals surface area contributed by atoms with Crippen LogP contribution in [0.3, 0.4) is 0 Å². The molecule has 1 aromatic heterocycles. The van der Waals surface area contributed by atoms with Crippen LogP contribution >= 0.6 is 23.2 Å². The van der Waals surface area contributed by atoms with Gasteiger partial charge in [-0.2, -0.15) is 0 Å². The molecule has 1 aliphatic heterocycles. The Balaban J connectivity index is 1.62. The van der Waals surface area contributed by atoms with Crippen molar-refractivity contribution in [1.29, 1.82) is 0 Å². The molecular formula is C27H21Cl2NO4. The highest BCUT2D eigenvalue weighted by Crippen LogP contribution is 2.39. The molecule has 0 radical (unpaired) electrons. The number of benzene rings is 3. The van der Waals surface area contributed by atoms with Gasteiger partial charge in [-0.15, -0.1) is 0 Å². The van der Waals surface area contributed by atoms with Gasteiger partial charge in [0.25, 0.3) is 5.91 Å². The number of hydrogen-bond acceptors (Lipinski definition) is 4. The van der Waals surface area contributed by atoms with Crippen molar-refractivity contribution in [3.8, 4) is 5.75 Å². The van der Waals surface area contributed by atoms with E-state index in [0.717, 1.165) is 22.4 Å². The molecule has 0 aliphatic carbocycles. The second-order valence-electron chi connectivity index (χ2n) is 8.33. The van der Waals surface area contributed by atoms with Gasteiger partial charge < -0.3 is 14.1 Å². The highest BCUT2D eigenvalue weighted by molar-refractivity contribution is 6.32. The first-order valence-electron chi connectivity index (χ1n) is 10.8. The van der Waals surface area contributed by atoms with Crippen molar-refractivity contribution in [3.63, 3.8) is 0 Å². The van der Waals surface area contributed by atoms with Crippen LogP contribution in [0.4, 0.5) is 0 Å². The molecule has 0 bridgehead atoms. The van der Waals surface area contributed by atoms with E-state index in [2.05, 4.69) is 0 Å². The average Bonchev–Trinajstić information content (AvgIpc) is 3.11. The average molecular weight is 494 g/mol. The highest BCUT2D eigenvalue weighted by Gasteiger charge is 2.42. The maximum atomic E-state index is 13.6. The fourth-order valence-electron chi connectivity index (χ4n) is 4.44. The van der Waals surface area contributed by atoms with E-state index < -0.39 is 6.04 Å². The van der Waals surface area contributed by atoms with Crippen LogP contribution in [0.15, 0.2) is 69.9 Å². The van der Waals surface area contributed by atoms with E-state index in [1.165, 1.54) is 0 Å². The van der Waals surface area contributed by atoms with Crippen molar-refractivity contribution in [2.45, 2.75) is 19.4 Å². The molecule has 172 valence electrons. The summed E-state index contributed by atoms with van der Waals surface area (Å²) in [5.41, 5.74) is 2.96. The topological polar surface area (TPSA) is 59.8 Å². The summed E-state index contributed by atoms with van der Waals surface area (Å²) in [6.45, 7) is 2.22. The first-order chi connectivity index (χ1) is 16.4. The summed E-state index contributed by atoms with van der Waals surface area (Å²) in [6, 6.07) is 17.6. The van der Waals surface area contributed by atoms with Crippen LogP contribution in [0.5, 0.6) is 5.75 Å². The van der Waals surface area contributed by atoms with E-state index in [4.69, 9.17) is 32.4 Å². The van der Waals surface area contributed by atoms with Gasteiger partial charge in [0, 0.05) is 16.6 Å². The molecule has 34 heavy (non-hydrogen) atoms. The van der Waals surface area contributed by atoms with Crippen molar-refractivity contribution in [2.24, 2.45) is 0 Å². The Morgan fingerprint density at radius 1 is 1.03 bits per heavy atom. The lowest BCUT2D eigenvalue weighted by Gasteiger charge is -2.25. The summed E-state index contributed by atoms with van der Waals surface area (Å²) in [6.07, 6.45) is 0.597. The molecule has 1 amide bonds. The van der Waals surface area contributed by atoms with Crippen molar-refractivity contribution in [3.05, 3.63) is 109 Å². The van der Waals surface area contributed by atoms with Gasteiger partial charge in [-0.25, -0.2) is 0 Å². The summed E-state index contributed by atoms with van der Waals surface area (Å²) >= 11 is 12.6. The Hall–Kier alpha value is -3.28. The Morgan fingerprint density at radius 3 is 2.50 bits per heavy atom. The first-order valence-corrected chi connectivity index (χ1v) is 11.6. The van der Waals surface area contributed by atoms with Crippen LogP contribution in [0, 0.1) is 6.92 Å². The molecular weight excluding hydrogens is 473 g/mol. The molecule has 0 unspecified atom stereocenters. The zero-order valence-corrected chi connectivity index (χ0v) is 20.1. The van der Waals surface area contributed by atoms with Crippen LogP contribution in [-0.2, 0) is 6.42 Å². The van der Waals surface area contributed by atoms with Gasteiger partial charge in [-0.3, -0.25) is 9.59 Å². The summed E-state index contributed by atoms with van der Waals surface area (Å²) < 4.78 is 11.3. The normalized spacial score (nSPS) is 15.1. The molecule has 1 atom stereocenters. The third-order valence-electron chi connectivity index (χ3n) is 6.21. The number of carbonyl (C=O) groups is 1. The number of nitrogens with zero attached hydrogens (tertiary/aromatic N) is 1. The van der Waals surface area contributed by atoms with Crippen LogP contribution in [0.25, 0.3) is 11.0 Å². The minimum Gasteiger partial charge on any atom is -0.497 e. The lowest BCUT2D eigenvalue weighted by atomic mass is 9.98. The van der Waals surface area contributed by atoms with Gasteiger partial charge >= 0.3 is 0 Å². The molecule has 2 heterocycles. The summed E-state index contributed by atoms with van der Waals surface area (Å²) in [5, 5.41) is 1.35. The predicted molar refractivity (Wildman–Crippen MR) is 133 cm³/mol. The van der Waals surface area contributed by atoms with E-state index in [1.54, 1.807) is 36.3 Å². The molecule has 4 aromatic rings. The number of amides is 1. The lowest BCUT2D eigenvalue weighted by molar-refractivity contribution is 0.0730. The number of halogens is 2. The fraction of sp³-hybridized carbons (Fsp3) is 0.185. The first kappa shape index (κ1) is 22.5. The summed E-state index contributed by atoms with van der Waals surface area (Å²) in [5.74, 6) is 0.514. The molecule has 0 fully saturated rings. The quantitative estimate of drug-likeness (QED) is 0.331. The van der Waals surface area contributed by atoms with Gasteiger partial charge in [0.05, 0.1) is 24.1 Å². The zero-order chi connectivity index (χ0) is 24.0. The number of rotatable bonds is 5. The number of fused-ring (bicyclic) bond motifs is 2. The maximum Gasteiger partial charge on any atom is 0.290 e. The Kier molecular flexibility index (Phi) is 5.84. The van der Waals surface area contributed by atoms with Crippen molar-refractivity contribution in [2.75, 3.05) is 13.7 Å². The van der Waals surface area contributed by atoms with E-state index in [0.29, 0.717) is 39.5 Å². The Morgan fingerprint density at radius 2 is 1.79 bits per heavy atom. The summed E-state index contributed by atoms with van der Waals surface area (Å²) in [4.78, 5) is 28.9. The molecule has 5 rings (SSSR count). The number of carbonyl (C=O) groups excluding carboxylic acids is 1. The summed E-state index contributed by atoms with van der Waals surface area (Å²) in [7, 11) is 1.62.